The van der Waals surface area contributed by atoms with Gasteiger partial charge in [-0.15, -0.1) is 0 Å². The lowest BCUT2D eigenvalue weighted by molar-refractivity contribution is 0.0911. The molecule has 1 atom stereocenters. The first-order valence-electron chi connectivity index (χ1n) is 5.36. The highest BCUT2D eigenvalue weighted by Crippen LogP contribution is 2.27. The minimum Gasteiger partial charge on any atom is -0.325 e. The van der Waals surface area contributed by atoms with Gasteiger partial charge in [0, 0.05) is 25.2 Å². The van der Waals surface area contributed by atoms with Crippen LogP contribution in [0.15, 0.2) is 30.3 Å². The van der Waals surface area contributed by atoms with E-state index in [2.05, 4.69) is 42.2 Å². The van der Waals surface area contributed by atoms with Crippen LogP contribution in [-0.4, -0.2) is 24.0 Å². The summed E-state index contributed by atoms with van der Waals surface area (Å²) in [5.74, 6) is 0. The molecule has 0 bridgehead atoms. The molecule has 1 unspecified atom stereocenters. The summed E-state index contributed by atoms with van der Waals surface area (Å²) in [4.78, 5) is 2.46. The van der Waals surface area contributed by atoms with Gasteiger partial charge in [-0.25, -0.2) is 0 Å². The van der Waals surface area contributed by atoms with E-state index in [9.17, 15) is 0 Å². The molecule has 2 heteroatoms. The van der Waals surface area contributed by atoms with Crippen molar-refractivity contribution in [2.75, 3.05) is 13.1 Å². The predicted molar refractivity (Wildman–Crippen MR) is 59.0 cm³/mol. The smallest absolute Gasteiger partial charge is 0.0346 e. The second-order valence-electron chi connectivity index (χ2n) is 4.05. The maximum Gasteiger partial charge on any atom is 0.0346 e. The maximum atomic E-state index is 5.80. The Morgan fingerprint density at radius 3 is 2.50 bits per heavy atom. The fourth-order valence-electron chi connectivity index (χ4n) is 2.18. The maximum absolute atomic E-state index is 5.80. The molecular weight excluding hydrogens is 172 g/mol. The first-order valence-corrected chi connectivity index (χ1v) is 5.36. The number of hydrogen-bond acceptors (Lipinski definition) is 2. The summed E-state index contributed by atoms with van der Waals surface area (Å²) in [7, 11) is 0. The lowest BCUT2D eigenvalue weighted by Crippen LogP contribution is -2.56. The third-order valence-corrected chi connectivity index (χ3v) is 2.95. The van der Waals surface area contributed by atoms with Crippen molar-refractivity contribution >= 4 is 0 Å². The van der Waals surface area contributed by atoms with E-state index in [1.807, 2.05) is 0 Å². The highest BCUT2D eigenvalue weighted by atomic mass is 15.2. The Hall–Kier alpha value is -0.860. The Morgan fingerprint density at radius 2 is 2.00 bits per heavy atom. The lowest BCUT2D eigenvalue weighted by Gasteiger charge is -2.42. The normalized spacial score (nSPS) is 20.4. The summed E-state index contributed by atoms with van der Waals surface area (Å²) in [6.45, 7) is 4.34. The van der Waals surface area contributed by atoms with Crippen LogP contribution in [0.3, 0.4) is 0 Å². The SMILES string of the molecule is CCC(c1ccccc1)N1CC(N)C1. The van der Waals surface area contributed by atoms with Crippen molar-refractivity contribution in [3.63, 3.8) is 0 Å². The van der Waals surface area contributed by atoms with Crippen molar-refractivity contribution in [1.82, 2.24) is 4.90 Å². The number of likely N-dealkylation sites (tertiary alicyclic amines) is 1. The Bertz CT molecular complexity index is 278. The zero-order valence-corrected chi connectivity index (χ0v) is 8.69. The molecule has 1 aromatic rings. The Morgan fingerprint density at radius 1 is 1.36 bits per heavy atom. The van der Waals surface area contributed by atoms with Gasteiger partial charge in [-0.2, -0.15) is 0 Å². The van der Waals surface area contributed by atoms with E-state index in [1.54, 1.807) is 0 Å². The van der Waals surface area contributed by atoms with Crippen LogP contribution in [0.25, 0.3) is 0 Å². The zero-order valence-electron chi connectivity index (χ0n) is 8.69. The van der Waals surface area contributed by atoms with Gasteiger partial charge in [-0.05, 0) is 12.0 Å². The first kappa shape index (κ1) is 9.69. The van der Waals surface area contributed by atoms with Crippen molar-refractivity contribution < 1.29 is 0 Å². The van der Waals surface area contributed by atoms with Gasteiger partial charge in [0.1, 0.15) is 0 Å². The molecule has 14 heavy (non-hydrogen) atoms. The van der Waals surface area contributed by atoms with Crippen LogP contribution in [0.1, 0.15) is 24.9 Å². The molecule has 0 spiro atoms. The Labute approximate surface area is 85.7 Å². The van der Waals surface area contributed by atoms with E-state index in [-0.39, 0.29) is 0 Å². The van der Waals surface area contributed by atoms with Crippen LogP contribution in [0.2, 0.25) is 0 Å². The monoisotopic (exact) mass is 190 g/mol. The molecule has 0 saturated carbocycles. The molecule has 2 nitrogen and oxygen atoms in total. The van der Waals surface area contributed by atoms with Gasteiger partial charge in [0.25, 0.3) is 0 Å². The van der Waals surface area contributed by atoms with Crippen LogP contribution in [-0.2, 0) is 0 Å². The molecule has 76 valence electrons. The topological polar surface area (TPSA) is 29.3 Å². The summed E-state index contributed by atoms with van der Waals surface area (Å²) in [5.41, 5.74) is 7.22. The van der Waals surface area contributed by atoms with E-state index in [0.717, 1.165) is 19.5 Å². The number of nitrogens with two attached hydrogens (primary N) is 1. The van der Waals surface area contributed by atoms with Crippen molar-refractivity contribution in [3.05, 3.63) is 35.9 Å². The highest BCUT2D eigenvalue weighted by molar-refractivity contribution is 5.19. The van der Waals surface area contributed by atoms with E-state index in [0.29, 0.717) is 12.1 Å². The molecular formula is C12H18N2. The molecule has 0 aliphatic carbocycles. The van der Waals surface area contributed by atoms with E-state index in [1.165, 1.54) is 5.56 Å². The molecule has 1 aromatic carbocycles. The van der Waals surface area contributed by atoms with Gasteiger partial charge in [0.2, 0.25) is 0 Å². The molecule has 1 aliphatic heterocycles. The van der Waals surface area contributed by atoms with E-state index >= 15 is 0 Å². The van der Waals surface area contributed by atoms with E-state index in [4.69, 9.17) is 5.73 Å². The van der Waals surface area contributed by atoms with Crippen molar-refractivity contribution in [3.8, 4) is 0 Å². The highest BCUT2D eigenvalue weighted by Gasteiger charge is 2.29. The van der Waals surface area contributed by atoms with E-state index < -0.39 is 0 Å². The van der Waals surface area contributed by atoms with Crippen molar-refractivity contribution in [1.29, 1.82) is 0 Å². The Kier molecular flexibility index (Phi) is 2.85. The zero-order chi connectivity index (χ0) is 9.97. The quantitative estimate of drug-likeness (QED) is 0.787. The third kappa shape index (κ3) is 1.81. The van der Waals surface area contributed by atoms with Crippen LogP contribution in [0.5, 0.6) is 0 Å². The van der Waals surface area contributed by atoms with Crippen LogP contribution in [0, 0.1) is 0 Å². The summed E-state index contributed by atoms with van der Waals surface area (Å²) >= 11 is 0. The molecule has 2 rings (SSSR count). The summed E-state index contributed by atoms with van der Waals surface area (Å²) in [5, 5.41) is 0. The van der Waals surface area contributed by atoms with Gasteiger partial charge in [0.15, 0.2) is 0 Å². The van der Waals surface area contributed by atoms with Gasteiger partial charge in [0.05, 0.1) is 0 Å². The molecule has 1 saturated heterocycles. The number of benzene rings is 1. The van der Waals surface area contributed by atoms with Gasteiger partial charge >= 0.3 is 0 Å². The minimum atomic E-state index is 0.396. The number of nitrogens with zero attached hydrogens (tertiary/aromatic N) is 1. The number of rotatable bonds is 3. The molecule has 0 aromatic heterocycles. The van der Waals surface area contributed by atoms with Gasteiger partial charge in [-0.3, -0.25) is 4.90 Å². The first-order chi connectivity index (χ1) is 6.81. The summed E-state index contributed by atoms with van der Waals surface area (Å²) in [6, 6.07) is 11.7. The van der Waals surface area contributed by atoms with Crippen molar-refractivity contribution in [2.45, 2.75) is 25.4 Å². The lowest BCUT2D eigenvalue weighted by atomic mass is 9.98. The van der Waals surface area contributed by atoms with Crippen LogP contribution >= 0.6 is 0 Å². The van der Waals surface area contributed by atoms with Crippen molar-refractivity contribution in [2.24, 2.45) is 5.73 Å². The molecule has 0 radical (unpaired) electrons. The van der Waals surface area contributed by atoms with Crippen LogP contribution in [0.4, 0.5) is 0 Å². The number of hydrogen-bond donors (Lipinski definition) is 1. The summed E-state index contributed by atoms with van der Waals surface area (Å²) in [6.07, 6.45) is 1.16. The third-order valence-electron chi connectivity index (χ3n) is 2.95. The largest absolute Gasteiger partial charge is 0.325 e. The molecule has 1 aliphatic rings. The van der Waals surface area contributed by atoms with Crippen LogP contribution < -0.4 is 5.73 Å². The average molecular weight is 190 g/mol. The minimum absolute atomic E-state index is 0.396. The second-order valence-corrected chi connectivity index (χ2v) is 4.05. The fraction of sp³-hybridized carbons (Fsp3) is 0.500. The van der Waals surface area contributed by atoms with Gasteiger partial charge in [-0.1, -0.05) is 37.3 Å². The predicted octanol–water partition coefficient (Wildman–Crippen LogP) is 1.78. The van der Waals surface area contributed by atoms with Gasteiger partial charge < -0.3 is 5.73 Å². The molecule has 1 fully saturated rings. The molecule has 2 N–H and O–H groups in total. The average Bonchev–Trinajstić information content (AvgIpc) is 2.18. The standard InChI is InChI=1S/C12H18N2/c1-2-12(14-8-11(13)9-14)10-6-4-3-5-7-10/h3-7,11-12H,2,8-9,13H2,1H3. The molecule has 1 heterocycles. The Balaban J connectivity index is 2.07. The second kappa shape index (κ2) is 4.11. The summed E-state index contributed by atoms with van der Waals surface area (Å²) < 4.78 is 0. The molecule has 0 amide bonds. The fourth-order valence-corrected chi connectivity index (χ4v) is 2.18.